The van der Waals surface area contributed by atoms with Crippen LogP contribution in [0.15, 0.2) is 18.2 Å². The van der Waals surface area contributed by atoms with Crippen LogP contribution in [0.4, 0.5) is 0 Å². The Morgan fingerprint density at radius 3 is 2.50 bits per heavy atom. The van der Waals surface area contributed by atoms with E-state index in [4.69, 9.17) is 9.47 Å². The molecule has 0 bridgehead atoms. The number of aryl methyl sites for hydroxylation is 1. The number of methoxy groups -OCH3 is 2. The molecule has 88 valence electrons. The molecule has 0 amide bonds. The van der Waals surface area contributed by atoms with Crippen LogP contribution in [-0.2, 0) is 9.53 Å². The van der Waals surface area contributed by atoms with E-state index in [0.29, 0.717) is 11.5 Å². The van der Waals surface area contributed by atoms with Gasteiger partial charge in [0.05, 0.1) is 14.2 Å². The molecule has 0 spiro atoms. The van der Waals surface area contributed by atoms with Crippen molar-refractivity contribution in [1.82, 2.24) is 0 Å². The standard InChI is InChI=1S/C12H16O4/c1-8-5-6-10(11(7-8)14-3)16-9(2)12(13)15-4/h5-7,9H,1-4H3/t9-/m0/s1. The predicted octanol–water partition coefficient (Wildman–Crippen LogP) is 1.94. The number of ether oxygens (including phenoxy) is 3. The van der Waals surface area contributed by atoms with Crippen LogP contribution in [0.5, 0.6) is 11.5 Å². The average Bonchev–Trinajstić information content (AvgIpc) is 2.30. The van der Waals surface area contributed by atoms with E-state index in [2.05, 4.69) is 4.74 Å². The third-order valence-corrected chi connectivity index (χ3v) is 2.16. The highest BCUT2D eigenvalue weighted by Gasteiger charge is 2.16. The monoisotopic (exact) mass is 224 g/mol. The summed E-state index contributed by atoms with van der Waals surface area (Å²) in [5.41, 5.74) is 1.06. The van der Waals surface area contributed by atoms with Gasteiger partial charge in [-0.1, -0.05) is 6.07 Å². The fourth-order valence-electron chi connectivity index (χ4n) is 1.28. The lowest BCUT2D eigenvalue weighted by Gasteiger charge is -2.15. The molecule has 16 heavy (non-hydrogen) atoms. The zero-order valence-corrected chi connectivity index (χ0v) is 9.94. The Morgan fingerprint density at radius 1 is 1.25 bits per heavy atom. The number of rotatable bonds is 4. The molecule has 1 aromatic carbocycles. The Labute approximate surface area is 95.1 Å². The summed E-state index contributed by atoms with van der Waals surface area (Å²) >= 11 is 0. The maximum atomic E-state index is 11.2. The van der Waals surface area contributed by atoms with Crippen molar-refractivity contribution >= 4 is 5.97 Å². The first kappa shape index (κ1) is 12.4. The van der Waals surface area contributed by atoms with Gasteiger partial charge in [-0.25, -0.2) is 4.79 Å². The number of esters is 1. The molecule has 0 radical (unpaired) electrons. The van der Waals surface area contributed by atoms with Crippen molar-refractivity contribution in [2.45, 2.75) is 20.0 Å². The smallest absolute Gasteiger partial charge is 0.346 e. The number of carbonyl (C=O) groups excluding carboxylic acids is 1. The Balaban J connectivity index is 2.84. The molecule has 0 saturated heterocycles. The maximum Gasteiger partial charge on any atom is 0.346 e. The highest BCUT2D eigenvalue weighted by Crippen LogP contribution is 2.28. The van der Waals surface area contributed by atoms with E-state index in [1.165, 1.54) is 7.11 Å². The first-order valence-electron chi connectivity index (χ1n) is 4.97. The van der Waals surface area contributed by atoms with Crippen LogP contribution in [0.1, 0.15) is 12.5 Å². The molecule has 0 aliphatic heterocycles. The van der Waals surface area contributed by atoms with E-state index >= 15 is 0 Å². The minimum Gasteiger partial charge on any atom is -0.493 e. The molecule has 0 aromatic heterocycles. The van der Waals surface area contributed by atoms with Gasteiger partial charge in [0, 0.05) is 0 Å². The summed E-state index contributed by atoms with van der Waals surface area (Å²) in [7, 11) is 2.89. The second-order valence-corrected chi connectivity index (χ2v) is 3.44. The summed E-state index contributed by atoms with van der Waals surface area (Å²) in [6, 6.07) is 5.51. The van der Waals surface area contributed by atoms with Crippen LogP contribution in [-0.4, -0.2) is 26.3 Å². The maximum absolute atomic E-state index is 11.2. The first-order chi connectivity index (χ1) is 7.58. The molecule has 0 aliphatic carbocycles. The molecular weight excluding hydrogens is 208 g/mol. The fraction of sp³-hybridized carbons (Fsp3) is 0.417. The first-order valence-corrected chi connectivity index (χ1v) is 4.97. The normalized spacial score (nSPS) is 11.8. The van der Waals surface area contributed by atoms with Gasteiger partial charge in [0.25, 0.3) is 0 Å². The van der Waals surface area contributed by atoms with Gasteiger partial charge in [-0.15, -0.1) is 0 Å². The number of benzene rings is 1. The number of hydrogen-bond donors (Lipinski definition) is 0. The second-order valence-electron chi connectivity index (χ2n) is 3.44. The zero-order chi connectivity index (χ0) is 12.1. The molecule has 0 fully saturated rings. The van der Waals surface area contributed by atoms with Crippen molar-refractivity contribution < 1.29 is 19.0 Å². The third-order valence-electron chi connectivity index (χ3n) is 2.16. The van der Waals surface area contributed by atoms with Gasteiger partial charge in [0.1, 0.15) is 0 Å². The molecular formula is C12H16O4. The van der Waals surface area contributed by atoms with E-state index in [-0.39, 0.29) is 0 Å². The van der Waals surface area contributed by atoms with E-state index in [9.17, 15) is 4.79 Å². The summed E-state index contributed by atoms with van der Waals surface area (Å²) < 4.78 is 15.2. The Hall–Kier alpha value is -1.71. The van der Waals surface area contributed by atoms with E-state index < -0.39 is 12.1 Å². The highest BCUT2D eigenvalue weighted by atomic mass is 16.6. The van der Waals surface area contributed by atoms with Gasteiger partial charge >= 0.3 is 5.97 Å². The molecule has 4 heteroatoms. The summed E-state index contributed by atoms with van der Waals surface area (Å²) in [6.07, 6.45) is -0.651. The predicted molar refractivity (Wildman–Crippen MR) is 59.8 cm³/mol. The summed E-state index contributed by atoms with van der Waals surface area (Å²) in [4.78, 5) is 11.2. The lowest BCUT2D eigenvalue weighted by molar-refractivity contribution is -0.147. The molecule has 1 aromatic rings. The number of hydrogen-bond acceptors (Lipinski definition) is 4. The van der Waals surface area contributed by atoms with Crippen LogP contribution < -0.4 is 9.47 Å². The topological polar surface area (TPSA) is 44.8 Å². The van der Waals surface area contributed by atoms with E-state index in [1.54, 1.807) is 20.1 Å². The highest BCUT2D eigenvalue weighted by molar-refractivity contribution is 5.74. The number of carbonyl (C=O) groups is 1. The van der Waals surface area contributed by atoms with Gasteiger partial charge in [0.15, 0.2) is 17.6 Å². The van der Waals surface area contributed by atoms with Gasteiger partial charge < -0.3 is 14.2 Å². The van der Waals surface area contributed by atoms with Crippen molar-refractivity contribution in [3.05, 3.63) is 23.8 Å². The van der Waals surface area contributed by atoms with Gasteiger partial charge in [-0.05, 0) is 31.5 Å². The molecule has 4 nitrogen and oxygen atoms in total. The fourth-order valence-corrected chi connectivity index (χ4v) is 1.28. The van der Waals surface area contributed by atoms with Crippen molar-refractivity contribution in [3.8, 4) is 11.5 Å². The molecule has 1 rings (SSSR count). The molecule has 0 heterocycles. The minimum absolute atomic E-state index is 0.414. The van der Waals surface area contributed by atoms with Gasteiger partial charge in [-0.3, -0.25) is 0 Å². The van der Waals surface area contributed by atoms with Crippen LogP contribution in [0.25, 0.3) is 0 Å². The van der Waals surface area contributed by atoms with Crippen LogP contribution in [0, 0.1) is 6.92 Å². The molecule has 0 saturated carbocycles. The molecule has 0 N–H and O–H groups in total. The molecule has 1 atom stereocenters. The van der Waals surface area contributed by atoms with Gasteiger partial charge in [0.2, 0.25) is 0 Å². The van der Waals surface area contributed by atoms with Crippen LogP contribution in [0.3, 0.4) is 0 Å². The van der Waals surface area contributed by atoms with Crippen molar-refractivity contribution in [2.24, 2.45) is 0 Å². The minimum atomic E-state index is -0.651. The second kappa shape index (κ2) is 5.39. The summed E-state index contributed by atoms with van der Waals surface area (Å²) in [6.45, 7) is 3.58. The summed E-state index contributed by atoms with van der Waals surface area (Å²) in [5, 5.41) is 0. The average molecular weight is 224 g/mol. The van der Waals surface area contributed by atoms with E-state index in [0.717, 1.165) is 5.56 Å². The third kappa shape index (κ3) is 2.89. The zero-order valence-electron chi connectivity index (χ0n) is 9.94. The van der Waals surface area contributed by atoms with E-state index in [1.807, 2.05) is 19.1 Å². The summed E-state index contributed by atoms with van der Waals surface area (Å²) in [5.74, 6) is 0.726. The van der Waals surface area contributed by atoms with Gasteiger partial charge in [-0.2, -0.15) is 0 Å². The Kier molecular flexibility index (Phi) is 4.17. The van der Waals surface area contributed by atoms with Crippen molar-refractivity contribution in [3.63, 3.8) is 0 Å². The Bertz CT molecular complexity index is 373. The lowest BCUT2D eigenvalue weighted by atomic mass is 10.2. The Morgan fingerprint density at radius 2 is 1.94 bits per heavy atom. The molecule has 0 unspecified atom stereocenters. The van der Waals surface area contributed by atoms with Crippen molar-refractivity contribution in [2.75, 3.05) is 14.2 Å². The molecule has 0 aliphatic rings. The lowest BCUT2D eigenvalue weighted by Crippen LogP contribution is -2.25. The SMILES string of the molecule is COC(=O)[C@H](C)Oc1ccc(C)cc1OC. The largest absolute Gasteiger partial charge is 0.493 e. The van der Waals surface area contributed by atoms with Crippen molar-refractivity contribution in [1.29, 1.82) is 0 Å². The van der Waals surface area contributed by atoms with Crippen LogP contribution >= 0.6 is 0 Å². The van der Waals surface area contributed by atoms with Crippen LogP contribution in [0.2, 0.25) is 0 Å². The quantitative estimate of drug-likeness (QED) is 0.733.